The summed E-state index contributed by atoms with van der Waals surface area (Å²) in [6.45, 7) is 3.77. The number of carbonyl (C=O) groups excluding carboxylic acids is 1. The number of nitrogens with zero attached hydrogens (tertiary/aromatic N) is 1. The number of fused-ring (bicyclic) bond motifs is 1. The van der Waals surface area contributed by atoms with Gasteiger partial charge in [0.1, 0.15) is 17.9 Å². The van der Waals surface area contributed by atoms with Crippen molar-refractivity contribution in [3.05, 3.63) is 16.8 Å². The second-order valence-electron chi connectivity index (χ2n) is 3.37. The van der Waals surface area contributed by atoms with Crippen molar-refractivity contribution in [2.45, 2.75) is 20.4 Å². The lowest BCUT2D eigenvalue weighted by Gasteiger charge is -1.97. The van der Waals surface area contributed by atoms with Crippen LogP contribution in [0.1, 0.15) is 21.6 Å². The van der Waals surface area contributed by atoms with Gasteiger partial charge in [-0.2, -0.15) is 0 Å². The number of rotatable bonds is 1. The number of anilines is 1. The van der Waals surface area contributed by atoms with Crippen LogP contribution in [0.4, 0.5) is 5.82 Å². The van der Waals surface area contributed by atoms with Crippen molar-refractivity contribution < 1.29 is 14.7 Å². The van der Waals surface area contributed by atoms with E-state index in [-0.39, 0.29) is 18.0 Å². The van der Waals surface area contributed by atoms with Crippen LogP contribution in [-0.4, -0.2) is 21.6 Å². The second-order valence-corrected chi connectivity index (χ2v) is 3.37. The summed E-state index contributed by atoms with van der Waals surface area (Å²) in [6.07, 6.45) is 0. The molecule has 2 heterocycles. The first-order chi connectivity index (χ1) is 6.52. The predicted molar refractivity (Wildman–Crippen MR) is 49.5 cm³/mol. The molecule has 1 aromatic heterocycles. The van der Waals surface area contributed by atoms with Crippen LogP contribution in [0.3, 0.4) is 0 Å². The van der Waals surface area contributed by atoms with Crippen LogP contribution in [0, 0.1) is 13.8 Å². The molecule has 0 unspecified atom stereocenters. The summed E-state index contributed by atoms with van der Waals surface area (Å²) in [5.41, 5.74) is 1.75. The number of carbonyl (C=O) groups is 2. The van der Waals surface area contributed by atoms with E-state index in [1.54, 1.807) is 11.5 Å². The molecule has 0 saturated carbocycles. The molecule has 0 spiro atoms. The number of carboxylic acids is 1. The van der Waals surface area contributed by atoms with Gasteiger partial charge in [0.15, 0.2) is 0 Å². The molecule has 14 heavy (non-hydrogen) atoms. The van der Waals surface area contributed by atoms with Crippen molar-refractivity contribution >= 4 is 17.7 Å². The van der Waals surface area contributed by atoms with Gasteiger partial charge < -0.3 is 15.0 Å². The molecule has 5 heteroatoms. The number of amides is 1. The molecule has 0 fully saturated rings. The van der Waals surface area contributed by atoms with Crippen molar-refractivity contribution in [3.8, 4) is 0 Å². The highest BCUT2D eigenvalue weighted by atomic mass is 16.4. The Morgan fingerprint density at radius 1 is 1.50 bits per heavy atom. The number of aromatic nitrogens is 1. The van der Waals surface area contributed by atoms with Crippen LogP contribution in [-0.2, 0) is 11.3 Å². The molecular weight excluding hydrogens is 184 g/mol. The molecule has 0 bridgehead atoms. The van der Waals surface area contributed by atoms with E-state index in [1.165, 1.54) is 0 Å². The molecule has 0 radical (unpaired) electrons. The fourth-order valence-corrected chi connectivity index (χ4v) is 1.77. The van der Waals surface area contributed by atoms with E-state index < -0.39 is 5.97 Å². The Morgan fingerprint density at radius 3 is 2.71 bits per heavy atom. The van der Waals surface area contributed by atoms with Crippen molar-refractivity contribution in [2.24, 2.45) is 0 Å². The lowest BCUT2D eigenvalue weighted by atomic mass is 10.1. The summed E-state index contributed by atoms with van der Waals surface area (Å²) >= 11 is 0. The van der Waals surface area contributed by atoms with Gasteiger partial charge in [0, 0.05) is 5.69 Å². The third-order valence-electron chi connectivity index (χ3n) is 2.60. The number of hydrogen-bond acceptors (Lipinski definition) is 2. The molecule has 5 nitrogen and oxygen atoms in total. The van der Waals surface area contributed by atoms with Gasteiger partial charge >= 0.3 is 5.97 Å². The van der Waals surface area contributed by atoms with Crippen molar-refractivity contribution in [2.75, 3.05) is 5.32 Å². The molecule has 1 aromatic rings. The zero-order valence-corrected chi connectivity index (χ0v) is 7.92. The number of carboxylic acid groups (broad SMARTS) is 1. The Morgan fingerprint density at radius 2 is 2.14 bits per heavy atom. The van der Waals surface area contributed by atoms with Gasteiger partial charge in [-0.3, -0.25) is 4.79 Å². The molecular formula is C9H10N2O3. The minimum Gasteiger partial charge on any atom is -0.478 e. The first-order valence-corrected chi connectivity index (χ1v) is 4.25. The van der Waals surface area contributed by atoms with Crippen LogP contribution in [0.15, 0.2) is 0 Å². The molecule has 0 aromatic carbocycles. The minimum absolute atomic E-state index is 0.161. The van der Waals surface area contributed by atoms with Gasteiger partial charge in [-0.15, -0.1) is 0 Å². The maximum Gasteiger partial charge on any atom is 0.339 e. The normalized spacial score (nSPS) is 14.0. The Bertz CT molecular complexity index is 445. The molecule has 1 amide bonds. The Hall–Kier alpha value is -1.78. The fourth-order valence-electron chi connectivity index (χ4n) is 1.77. The molecule has 0 saturated heterocycles. The second kappa shape index (κ2) is 2.60. The largest absolute Gasteiger partial charge is 0.478 e. The van der Waals surface area contributed by atoms with Gasteiger partial charge in [-0.1, -0.05) is 0 Å². The highest BCUT2D eigenvalue weighted by molar-refractivity contribution is 6.04. The zero-order chi connectivity index (χ0) is 10.5. The van der Waals surface area contributed by atoms with Crippen LogP contribution < -0.4 is 5.32 Å². The molecule has 2 N–H and O–H groups in total. The predicted octanol–water partition coefficient (Wildman–Crippen LogP) is 0.755. The summed E-state index contributed by atoms with van der Waals surface area (Å²) in [4.78, 5) is 22.0. The zero-order valence-electron chi connectivity index (χ0n) is 7.92. The number of nitrogens with one attached hydrogen (secondary N) is 1. The summed E-state index contributed by atoms with van der Waals surface area (Å²) in [6, 6.07) is 0. The number of hydrogen-bond donors (Lipinski definition) is 2. The van der Waals surface area contributed by atoms with Gasteiger partial charge in [-0.05, 0) is 19.4 Å². The van der Waals surface area contributed by atoms with Gasteiger partial charge in [-0.25, -0.2) is 4.79 Å². The van der Waals surface area contributed by atoms with Gasteiger partial charge in [0.25, 0.3) is 0 Å². The van der Waals surface area contributed by atoms with E-state index in [9.17, 15) is 9.59 Å². The van der Waals surface area contributed by atoms with Crippen molar-refractivity contribution in [3.63, 3.8) is 0 Å². The average Bonchev–Trinajstić information content (AvgIpc) is 2.53. The quantitative estimate of drug-likeness (QED) is 0.693. The van der Waals surface area contributed by atoms with E-state index in [1.807, 2.05) is 6.92 Å². The van der Waals surface area contributed by atoms with Crippen LogP contribution in [0.5, 0.6) is 0 Å². The first kappa shape index (κ1) is 8.80. The summed E-state index contributed by atoms with van der Waals surface area (Å²) < 4.78 is 1.70. The average molecular weight is 194 g/mol. The van der Waals surface area contributed by atoms with Crippen molar-refractivity contribution in [1.82, 2.24) is 4.57 Å². The summed E-state index contributed by atoms with van der Waals surface area (Å²) in [5, 5.41) is 11.5. The van der Waals surface area contributed by atoms with Gasteiger partial charge in [0.2, 0.25) is 5.91 Å². The molecule has 1 aliphatic heterocycles. The minimum atomic E-state index is -0.999. The first-order valence-electron chi connectivity index (χ1n) is 4.25. The van der Waals surface area contributed by atoms with Crippen LogP contribution in [0.2, 0.25) is 0 Å². The third kappa shape index (κ3) is 0.951. The highest BCUT2D eigenvalue weighted by Crippen LogP contribution is 2.29. The van der Waals surface area contributed by atoms with E-state index in [0.717, 1.165) is 5.69 Å². The highest BCUT2D eigenvalue weighted by Gasteiger charge is 2.28. The maximum absolute atomic E-state index is 11.1. The van der Waals surface area contributed by atoms with E-state index in [4.69, 9.17) is 5.11 Å². The standard InChI is InChI=1S/C9H10N2O3/c1-4-5(2)11-3-6(12)10-8(11)7(4)9(13)14/h3H2,1-2H3,(H,10,12)(H,13,14). The topological polar surface area (TPSA) is 71.3 Å². The SMILES string of the molecule is Cc1c(C(=O)O)c2n(c1C)CC(=O)N2. The van der Waals surface area contributed by atoms with Crippen molar-refractivity contribution in [1.29, 1.82) is 0 Å². The smallest absolute Gasteiger partial charge is 0.339 e. The summed E-state index contributed by atoms with van der Waals surface area (Å²) in [7, 11) is 0. The van der Waals surface area contributed by atoms with E-state index >= 15 is 0 Å². The molecule has 0 atom stereocenters. The van der Waals surface area contributed by atoms with E-state index in [0.29, 0.717) is 11.4 Å². The molecule has 74 valence electrons. The van der Waals surface area contributed by atoms with Crippen LogP contribution in [0.25, 0.3) is 0 Å². The maximum atomic E-state index is 11.1. The Balaban J connectivity index is 2.68. The molecule has 1 aliphatic rings. The molecule has 2 rings (SSSR count). The third-order valence-corrected chi connectivity index (χ3v) is 2.60. The lowest BCUT2D eigenvalue weighted by Crippen LogP contribution is -2.09. The Kier molecular flexibility index (Phi) is 1.64. The fraction of sp³-hybridized carbons (Fsp3) is 0.333. The number of aromatic carboxylic acids is 1. The van der Waals surface area contributed by atoms with Crippen LogP contribution >= 0.6 is 0 Å². The molecule has 0 aliphatic carbocycles. The van der Waals surface area contributed by atoms with Gasteiger partial charge in [0.05, 0.1) is 0 Å². The summed E-state index contributed by atoms with van der Waals surface area (Å²) in [5.74, 6) is -0.746. The Labute approximate surface area is 80.3 Å². The lowest BCUT2D eigenvalue weighted by molar-refractivity contribution is -0.115. The monoisotopic (exact) mass is 194 g/mol. The van der Waals surface area contributed by atoms with E-state index in [2.05, 4.69) is 5.32 Å².